The first-order valence-electron chi connectivity index (χ1n) is 34.6. The molecule has 0 saturated carbocycles. The van der Waals surface area contributed by atoms with Gasteiger partial charge in [0.1, 0.15) is 37.4 Å². The molecular weight excluding hydrogens is 1300 g/mol. The number of rotatable bonds is 40. The van der Waals surface area contributed by atoms with Crippen LogP contribution >= 0.6 is 0 Å². The molecule has 0 bridgehead atoms. The van der Waals surface area contributed by atoms with Crippen molar-refractivity contribution in [3.05, 3.63) is 133 Å². The van der Waals surface area contributed by atoms with E-state index < -0.39 is 40.7 Å². The van der Waals surface area contributed by atoms with Crippen LogP contribution in [0.4, 0.5) is 0 Å². The topological polar surface area (TPSA) is 223 Å². The van der Waals surface area contributed by atoms with Crippen LogP contribution < -0.4 is 19.8 Å². The Morgan fingerprint density at radius 3 is 1.91 bits per heavy atom. The lowest BCUT2D eigenvalue weighted by molar-refractivity contribution is -0.162. The van der Waals surface area contributed by atoms with E-state index in [-0.39, 0.29) is 102 Å². The SMILES string of the molecule is COC(=O)C[C@H](C/C=C/C(=O)[C@H](C)[C@H](OC)c1coc(-c2coc(-c3coc(/C=C/C[C@H](OC)[C@@H](C)[C@H](C[C@H](OC)[C@@H](C)CC[C@@H](OCOCc4ccc(OC)c(OC)c4)[C@H](C)[C@@H]4OC(OC)C[C@H]4C)O[Si](C)(C)C(C)(C)C)n3)n2)n1)O[Si](c1ccccc1)(c1ccccc1)C(C)(C)C. The highest BCUT2D eigenvalue weighted by Gasteiger charge is 2.52. The fraction of sp³-hybridized carbons (Fsp3) is 0.571. The average molecular weight is 1410 g/mol. The van der Waals surface area contributed by atoms with Crippen molar-refractivity contribution in [2.75, 3.05) is 56.6 Å². The first kappa shape index (κ1) is 79.9. The smallest absolute Gasteiger partial charge is 0.308 e. The molecular formula is C77H111N3O17Si2. The van der Waals surface area contributed by atoms with Gasteiger partial charge in [0.25, 0.3) is 8.32 Å². The van der Waals surface area contributed by atoms with Crippen molar-refractivity contribution in [3.63, 3.8) is 0 Å². The van der Waals surface area contributed by atoms with Crippen LogP contribution in [0.15, 0.2) is 129 Å². The van der Waals surface area contributed by atoms with E-state index in [4.69, 9.17) is 74.5 Å². The number of hydrogen-bond acceptors (Lipinski definition) is 20. The Bertz CT molecular complexity index is 3430. The van der Waals surface area contributed by atoms with Gasteiger partial charge in [0.15, 0.2) is 43.3 Å². The highest BCUT2D eigenvalue weighted by Crippen LogP contribution is 2.42. The molecule has 3 aromatic heterocycles. The Hall–Kier alpha value is -6.42. The third-order valence-electron chi connectivity index (χ3n) is 20.0. The number of benzene rings is 3. The minimum Gasteiger partial charge on any atom is -0.493 e. The minimum atomic E-state index is -3.06. The molecule has 6 aromatic rings. The van der Waals surface area contributed by atoms with Crippen LogP contribution in [0.1, 0.15) is 144 Å². The summed E-state index contributed by atoms with van der Waals surface area (Å²) >= 11 is 0. The molecule has 1 unspecified atom stereocenters. The molecule has 7 rings (SSSR count). The third kappa shape index (κ3) is 20.9. The van der Waals surface area contributed by atoms with Crippen molar-refractivity contribution in [1.82, 2.24) is 15.0 Å². The van der Waals surface area contributed by atoms with Crippen molar-refractivity contribution in [2.24, 2.45) is 29.6 Å². The second kappa shape index (κ2) is 37.0. The van der Waals surface area contributed by atoms with E-state index in [1.807, 2.05) is 66.7 Å². The van der Waals surface area contributed by atoms with Crippen LogP contribution in [-0.2, 0) is 62.9 Å². The summed E-state index contributed by atoms with van der Waals surface area (Å²) in [6.45, 7) is 29.0. The monoisotopic (exact) mass is 1410 g/mol. The number of carbonyl (C=O) groups excluding carboxylic acids is 2. The van der Waals surface area contributed by atoms with Crippen LogP contribution in [-0.4, -0.2) is 143 Å². The van der Waals surface area contributed by atoms with Crippen molar-refractivity contribution >= 4 is 44.8 Å². The number of ketones is 1. The van der Waals surface area contributed by atoms with Gasteiger partial charge in [0.2, 0.25) is 17.7 Å². The van der Waals surface area contributed by atoms with Crippen LogP contribution in [0.5, 0.6) is 11.5 Å². The summed E-state index contributed by atoms with van der Waals surface area (Å²) in [6, 6.07) is 26.2. The molecule has 3 aromatic carbocycles. The van der Waals surface area contributed by atoms with Crippen molar-refractivity contribution in [3.8, 4) is 34.7 Å². The van der Waals surface area contributed by atoms with Crippen molar-refractivity contribution in [1.29, 1.82) is 0 Å². The molecule has 99 heavy (non-hydrogen) atoms. The Balaban J connectivity index is 0.979. The van der Waals surface area contributed by atoms with Gasteiger partial charge < -0.3 is 69.5 Å². The van der Waals surface area contributed by atoms with Gasteiger partial charge in [0.05, 0.1) is 76.9 Å². The summed E-state index contributed by atoms with van der Waals surface area (Å²) < 4.78 is 91.9. The lowest BCUT2D eigenvalue weighted by atomic mass is 9.84. The number of esters is 1. The summed E-state index contributed by atoms with van der Waals surface area (Å²) in [7, 11) is 5.99. The zero-order chi connectivity index (χ0) is 72.2. The summed E-state index contributed by atoms with van der Waals surface area (Å²) in [4.78, 5) is 40.9. The van der Waals surface area contributed by atoms with E-state index in [2.05, 4.69) is 117 Å². The first-order valence-corrected chi connectivity index (χ1v) is 39.4. The molecule has 13 atom stereocenters. The second-order valence-electron chi connectivity index (χ2n) is 28.8. The number of hydrogen-bond donors (Lipinski definition) is 0. The molecule has 20 nitrogen and oxygen atoms in total. The third-order valence-corrected chi connectivity index (χ3v) is 29.6. The van der Waals surface area contributed by atoms with E-state index in [1.165, 1.54) is 39.1 Å². The van der Waals surface area contributed by atoms with Gasteiger partial charge in [-0.15, -0.1) is 0 Å². The predicted molar refractivity (Wildman–Crippen MR) is 386 cm³/mol. The minimum absolute atomic E-state index is 0.00371. The fourth-order valence-electron chi connectivity index (χ4n) is 13.1. The molecule has 4 heterocycles. The largest absolute Gasteiger partial charge is 0.493 e. The number of oxazole rings is 3. The number of nitrogens with zero attached hydrogens (tertiary/aromatic N) is 3. The predicted octanol–water partition coefficient (Wildman–Crippen LogP) is 15.2. The molecule has 0 amide bonds. The van der Waals surface area contributed by atoms with E-state index in [0.717, 1.165) is 35.2 Å². The zero-order valence-corrected chi connectivity index (χ0v) is 64.2. The average Bonchev–Trinajstić information content (AvgIpc) is 1.61. The summed E-state index contributed by atoms with van der Waals surface area (Å²) in [5, 5.41) is 1.76. The molecule has 0 radical (unpaired) electrons. The number of methoxy groups -OCH3 is 7. The highest BCUT2D eigenvalue weighted by molar-refractivity contribution is 6.99. The molecule has 0 spiro atoms. The van der Waals surface area contributed by atoms with Crippen LogP contribution in [0.2, 0.25) is 23.2 Å². The van der Waals surface area contributed by atoms with E-state index in [0.29, 0.717) is 59.8 Å². The van der Waals surface area contributed by atoms with Crippen LogP contribution in [0.25, 0.3) is 29.2 Å². The fourth-order valence-corrected chi connectivity index (χ4v) is 19.2. The molecule has 1 aliphatic heterocycles. The zero-order valence-electron chi connectivity index (χ0n) is 62.2. The molecule has 0 aliphatic carbocycles. The summed E-state index contributed by atoms with van der Waals surface area (Å²) in [5.41, 5.74) is 2.01. The second-order valence-corrected chi connectivity index (χ2v) is 37.8. The Labute approximate surface area is 589 Å². The van der Waals surface area contributed by atoms with Crippen molar-refractivity contribution < 1.29 is 79.1 Å². The van der Waals surface area contributed by atoms with Gasteiger partial charge in [-0.3, -0.25) is 9.59 Å². The number of carbonyl (C=O) groups is 2. The van der Waals surface area contributed by atoms with E-state index >= 15 is 0 Å². The number of allylic oxidation sites excluding steroid dienone is 1. The molecule has 22 heteroatoms. The van der Waals surface area contributed by atoms with E-state index in [9.17, 15) is 9.59 Å². The highest BCUT2D eigenvalue weighted by atomic mass is 28.4. The maximum Gasteiger partial charge on any atom is 0.308 e. The number of ether oxygens (including phenoxy) is 10. The van der Waals surface area contributed by atoms with Crippen LogP contribution in [0.3, 0.4) is 0 Å². The maximum atomic E-state index is 14.0. The lowest BCUT2D eigenvalue weighted by Gasteiger charge is -2.45. The molecule has 1 saturated heterocycles. The van der Waals surface area contributed by atoms with Gasteiger partial charge in [-0.25, -0.2) is 15.0 Å². The molecule has 1 aliphatic rings. The Morgan fingerprint density at radius 2 is 1.31 bits per heavy atom. The molecule has 544 valence electrons. The van der Waals surface area contributed by atoms with Crippen molar-refractivity contribution in [2.45, 2.75) is 200 Å². The normalized spacial score (nSPS) is 18.8. The summed E-state index contributed by atoms with van der Waals surface area (Å²) in [6.07, 6.45) is 13.0. The van der Waals surface area contributed by atoms with Gasteiger partial charge >= 0.3 is 5.97 Å². The molecule has 1 fully saturated rings. The quantitative estimate of drug-likeness (QED) is 0.0115. The van der Waals surface area contributed by atoms with E-state index in [1.54, 1.807) is 48.5 Å². The first-order chi connectivity index (χ1) is 47.1. The van der Waals surface area contributed by atoms with Gasteiger partial charge in [-0.05, 0) is 107 Å². The van der Waals surface area contributed by atoms with Gasteiger partial charge in [0, 0.05) is 46.7 Å². The lowest BCUT2D eigenvalue weighted by Crippen LogP contribution is -2.67. The van der Waals surface area contributed by atoms with Crippen LogP contribution in [0, 0.1) is 29.6 Å². The summed E-state index contributed by atoms with van der Waals surface area (Å²) in [5.74, 6) is 1.15. The molecule has 0 N–H and O–H groups in total. The maximum absolute atomic E-state index is 14.0. The Morgan fingerprint density at radius 1 is 0.677 bits per heavy atom. The standard InChI is InChI=1S/C77H111N3O17Si2/c1-50(37-39-64(54(5)72-51(2)41-71(88-17)95-72)94-49-90-45-55-38-40-65(84-13)68(42-55)86-15)66(85-14)44-67(97-98(19,20)76(6,7)8)53(4)63(83-12)35-28-36-69-78-60(47-91-69)74-80-61(48-93-74)75-79-59(46-92-75)73(89-18)52(3)62(81)34-27-29-56(43-70(82)87-16)96-99(77(9,10)11,57-30-23-21-24-31-57)58-32-25-22-26-33-58/h21-28,30-34,36,38,40,42,46-48,50-54,56,63-64,66-67,71-73H,29,35,37,39,41,43-45,49H2,1-20H3/b34-27+,36-28+/t50-,51+,52-,53+,54-,56-,63-,64+,66-,67-,71?,72+,73-/m0/s1. The van der Waals surface area contributed by atoms with Gasteiger partial charge in [-0.1, -0.05) is 155 Å². The number of aromatic nitrogens is 3. The Kier molecular flexibility index (Phi) is 29.8. The van der Waals surface area contributed by atoms with Gasteiger partial charge in [-0.2, -0.15) is 0 Å².